The van der Waals surface area contributed by atoms with Crippen LogP contribution in [0, 0.1) is 5.82 Å². The van der Waals surface area contributed by atoms with E-state index in [4.69, 9.17) is 5.11 Å². The average Bonchev–Trinajstić information content (AvgIpc) is 2.48. The Labute approximate surface area is 142 Å². The van der Waals surface area contributed by atoms with Gasteiger partial charge in [0.15, 0.2) is 17.5 Å². The third-order valence-electron chi connectivity index (χ3n) is 3.64. The summed E-state index contributed by atoms with van der Waals surface area (Å²) in [4.78, 5) is 4.19. The average molecular weight is 407 g/mol. The summed E-state index contributed by atoms with van der Waals surface area (Å²) in [7, 11) is 1.73. The van der Waals surface area contributed by atoms with E-state index in [1.165, 1.54) is 44.2 Å². The lowest BCUT2D eigenvalue weighted by atomic mass is 9.96. The van der Waals surface area contributed by atoms with Crippen LogP contribution in [-0.4, -0.2) is 24.2 Å². The first kappa shape index (κ1) is 18.0. The summed E-state index contributed by atoms with van der Waals surface area (Å²) in [6.45, 7) is 0.476. The van der Waals surface area contributed by atoms with E-state index in [1.807, 2.05) is 0 Å². The molecule has 1 aliphatic rings. The van der Waals surface area contributed by atoms with Crippen LogP contribution in [0.25, 0.3) is 0 Å². The van der Waals surface area contributed by atoms with E-state index in [-0.39, 0.29) is 29.7 Å². The maximum atomic E-state index is 13.2. The van der Waals surface area contributed by atoms with Crippen molar-refractivity contribution in [2.24, 2.45) is 4.99 Å². The third kappa shape index (κ3) is 5.68. The van der Waals surface area contributed by atoms with Gasteiger partial charge in [-0.1, -0.05) is 25.3 Å². The largest absolute Gasteiger partial charge is 0.505 e. The van der Waals surface area contributed by atoms with Crippen molar-refractivity contribution in [1.29, 1.82) is 0 Å². The van der Waals surface area contributed by atoms with Gasteiger partial charge in [0.2, 0.25) is 0 Å². The Morgan fingerprint density at radius 1 is 1.33 bits per heavy atom. The Hall–Kier alpha value is -1.05. The molecule has 0 aromatic heterocycles. The molecular weight excluding hydrogens is 384 g/mol. The van der Waals surface area contributed by atoms with Gasteiger partial charge >= 0.3 is 0 Å². The number of aliphatic imine (C=N–C) groups is 1. The highest BCUT2D eigenvalue weighted by molar-refractivity contribution is 14.0. The first-order chi connectivity index (χ1) is 9.69. The minimum absolute atomic E-state index is 0. The van der Waals surface area contributed by atoms with Crippen LogP contribution < -0.4 is 10.6 Å². The smallest absolute Gasteiger partial charge is 0.191 e. The SMILES string of the molecule is CN=C(NCc1ccc(O)c(F)c1)NC1CCCCC1.I. The molecule has 4 nitrogen and oxygen atoms in total. The van der Waals surface area contributed by atoms with Gasteiger partial charge in [-0.25, -0.2) is 4.39 Å². The molecule has 0 spiro atoms. The van der Waals surface area contributed by atoms with Crippen LogP contribution >= 0.6 is 24.0 Å². The molecule has 3 N–H and O–H groups in total. The molecule has 1 aromatic rings. The van der Waals surface area contributed by atoms with Crippen molar-refractivity contribution in [2.45, 2.75) is 44.7 Å². The quantitative estimate of drug-likeness (QED) is 0.410. The first-order valence-electron chi connectivity index (χ1n) is 7.13. The molecule has 1 fully saturated rings. The molecule has 6 heteroatoms. The Kier molecular flexibility index (Phi) is 7.77. The van der Waals surface area contributed by atoms with Gasteiger partial charge in [0, 0.05) is 19.6 Å². The zero-order chi connectivity index (χ0) is 14.4. The Morgan fingerprint density at radius 2 is 2.05 bits per heavy atom. The van der Waals surface area contributed by atoms with Crippen LogP contribution in [0.15, 0.2) is 23.2 Å². The number of phenols is 1. The second kappa shape index (κ2) is 9.07. The Bertz CT molecular complexity index is 476. The lowest BCUT2D eigenvalue weighted by Gasteiger charge is -2.24. The van der Waals surface area contributed by atoms with Crippen molar-refractivity contribution in [3.8, 4) is 5.75 Å². The Balaban J connectivity index is 0.00000220. The zero-order valence-electron chi connectivity index (χ0n) is 12.2. The van der Waals surface area contributed by atoms with Gasteiger partial charge in [0.05, 0.1) is 0 Å². The predicted octanol–water partition coefficient (Wildman–Crippen LogP) is 3.15. The van der Waals surface area contributed by atoms with Crippen LogP contribution in [0.3, 0.4) is 0 Å². The molecule has 0 amide bonds. The topological polar surface area (TPSA) is 56.7 Å². The predicted molar refractivity (Wildman–Crippen MR) is 93.7 cm³/mol. The van der Waals surface area contributed by atoms with E-state index in [9.17, 15) is 4.39 Å². The summed E-state index contributed by atoms with van der Waals surface area (Å²) in [6, 6.07) is 4.87. The molecule has 0 bridgehead atoms. The van der Waals surface area contributed by atoms with Gasteiger partial charge in [-0.15, -0.1) is 24.0 Å². The van der Waals surface area contributed by atoms with Gasteiger partial charge in [-0.3, -0.25) is 4.99 Å². The van der Waals surface area contributed by atoms with Crippen molar-refractivity contribution in [3.63, 3.8) is 0 Å². The number of phenolic OH excluding ortho intramolecular Hbond substituents is 1. The van der Waals surface area contributed by atoms with Gasteiger partial charge in [0.1, 0.15) is 0 Å². The fourth-order valence-electron chi connectivity index (χ4n) is 2.48. The summed E-state index contributed by atoms with van der Waals surface area (Å²) in [5, 5.41) is 15.7. The highest BCUT2D eigenvalue weighted by Gasteiger charge is 2.14. The van der Waals surface area contributed by atoms with Crippen LogP contribution in [0.4, 0.5) is 4.39 Å². The standard InChI is InChI=1S/C15H22FN3O.HI/c1-17-15(19-12-5-3-2-4-6-12)18-10-11-7-8-14(20)13(16)9-11;/h7-9,12,20H,2-6,10H2,1H3,(H2,17,18,19);1H. The number of benzene rings is 1. The third-order valence-corrected chi connectivity index (χ3v) is 3.64. The van der Waals surface area contributed by atoms with Crippen LogP contribution in [0.2, 0.25) is 0 Å². The van der Waals surface area contributed by atoms with Gasteiger partial charge in [-0.2, -0.15) is 0 Å². The van der Waals surface area contributed by atoms with Crippen molar-refractivity contribution >= 4 is 29.9 Å². The summed E-state index contributed by atoms with van der Waals surface area (Å²) < 4.78 is 13.2. The van der Waals surface area contributed by atoms with Gasteiger partial charge in [-0.05, 0) is 30.5 Å². The molecule has 2 rings (SSSR count). The molecule has 118 valence electrons. The summed E-state index contributed by atoms with van der Waals surface area (Å²) in [6.07, 6.45) is 6.19. The summed E-state index contributed by atoms with van der Waals surface area (Å²) >= 11 is 0. The molecule has 1 saturated carbocycles. The fraction of sp³-hybridized carbons (Fsp3) is 0.533. The second-order valence-electron chi connectivity index (χ2n) is 5.19. The minimum atomic E-state index is -0.598. The molecule has 0 atom stereocenters. The molecule has 0 saturated heterocycles. The van der Waals surface area contributed by atoms with Crippen LogP contribution in [0.5, 0.6) is 5.75 Å². The molecule has 0 radical (unpaired) electrons. The van der Waals surface area contributed by atoms with E-state index in [2.05, 4.69) is 15.6 Å². The summed E-state index contributed by atoms with van der Waals surface area (Å²) in [5.41, 5.74) is 0.770. The first-order valence-corrected chi connectivity index (χ1v) is 7.13. The molecule has 21 heavy (non-hydrogen) atoms. The number of rotatable bonds is 3. The number of nitrogens with zero attached hydrogens (tertiary/aromatic N) is 1. The highest BCUT2D eigenvalue weighted by Crippen LogP contribution is 2.17. The number of guanidine groups is 1. The number of aromatic hydroxyl groups is 1. The fourth-order valence-corrected chi connectivity index (χ4v) is 2.48. The minimum Gasteiger partial charge on any atom is -0.505 e. The van der Waals surface area contributed by atoms with Crippen molar-refractivity contribution in [1.82, 2.24) is 10.6 Å². The Morgan fingerprint density at radius 3 is 2.67 bits per heavy atom. The molecule has 0 heterocycles. The van der Waals surface area contributed by atoms with Crippen molar-refractivity contribution in [3.05, 3.63) is 29.6 Å². The van der Waals surface area contributed by atoms with Crippen LogP contribution in [0.1, 0.15) is 37.7 Å². The number of halogens is 2. The molecule has 0 aliphatic heterocycles. The molecular formula is C15H23FIN3O. The molecule has 0 unspecified atom stereocenters. The van der Waals surface area contributed by atoms with E-state index < -0.39 is 5.82 Å². The molecule has 1 aliphatic carbocycles. The lowest BCUT2D eigenvalue weighted by Crippen LogP contribution is -2.43. The zero-order valence-corrected chi connectivity index (χ0v) is 14.6. The van der Waals surface area contributed by atoms with E-state index in [1.54, 1.807) is 13.1 Å². The number of nitrogens with one attached hydrogen (secondary N) is 2. The number of hydrogen-bond donors (Lipinski definition) is 3. The summed E-state index contributed by atoms with van der Waals surface area (Å²) in [5.74, 6) is -0.177. The van der Waals surface area contributed by atoms with E-state index >= 15 is 0 Å². The second-order valence-corrected chi connectivity index (χ2v) is 5.19. The lowest BCUT2D eigenvalue weighted by molar-refractivity contribution is 0.410. The normalized spacial score (nSPS) is 16.2. The van der Waals surface area contributed by atoms with Crippen LogP contribution in [-0.2, 0) is 6.54 Å². The maximum Gasteiger partial charge on any atom is 0.191 e. The van der Waals surface area contributed by atoms with Crippen molar-refractivity contribution in [2.75, 3.05) is 7.05 Å². The number of hydrogen-bond acceptors (Lipinski definition) is 2. The van der Waals surface area contributed by atoms with Gasteiger partial charge in [0.25, 0.3) is 0 Å². The van der Waals surface area contributed by atoms with E-state index in [0.717, 1.165) is 11.5 Å². The van der Waals surface area contributed by atoms with E-state index in [0.29, 0.717) is 12.6 Å². The van der Waals surface area contributed by atoms with Crippen molar-refractivity contribution < 1.29 is 9.50 Å². The maximum absolute atomic E-state index is 13.2. The van der Waals surface area contributed by atoms with Gasteiger partial charge < -0.3 is 15.7 Å². The monoisotopic (exact) mass is 407 g/mol. The highest BCUT2D eigenvalue weighted by atomic mass is 127. The molecule has 1 aromatic carbocycles.